The summed E-state index contributed by atoms with van der Waals surface area (Å²) in [6, 6.07) is 17.9. The number of carbonyl (C=O) groups is 1. The summed E-state index contributed by atoms with van der Waals surface area (Å²) in [4.78, 5) is 12.1. The van der Waals surface area contributed by atoms with E-state index in [2.05, 4.69) is 5.32 Å². The highest BCUT2D eigenvalue weighted by atomic mass is 35.5. The molecule has 0 spiro atoms. The molecule has 0 unspecified atom stereocenters. The van der Waals surface area contributed by atoms with Gasteiger partial charge in [-0.2, -0.15) is 0 Å². The summed E-state index contributed by atoms with van der Waals surface area (Å²) in [6.45, 7) is 1.88. The normalized spacial score (nSPS) is 11.1. The Balaban J connectivity index is 1.63. The van der Waals surface area contributed by atoms with E-state index in [0.717, 1.165) is 23.4 Å². The third-order valence-electron chi connectivity index (χ3n) is 4.55. The van der Waals surface area contributed by atoms with E-state index in [9.17, 15) is 17.6 Å². The van der Waals surface area contributed by atoms with Crippen LogP contribution >= 0.6 is 11.6 Å². The lowest BCUT2D eigenvalue weighted by atomic mass is 10.1. The van der Waals surface area contributed by atoms with Crippen molar-refractivity contribution in [3.05, 3.63) is 88.7 Å². The maximum absolute atomic E-state index is 13.2. The molecule has 1 amide bonds. The van der Waals surface area contributed by atoms with Gasteiger partial charge in [0.15, 0.2) is 6.61 Å². The van der Waals surface area contributed by atoms with Crippen LogP contribution in [0.3, 0.4) is 0 Å². The van der Waals surface area contributed by atoms with Crippen molar-refractivity contribution in [2.24, 2.45) is 0 Å². The number of sulfonamides is 1. The molecular formula is C23H22ClFN2O4S. The fourth-order valence-corrected chi connectivity index (χ4v) is 3.96. The summed E-state index contributed by atoms with van der Waals surface area (Å²) in [5.74, 6) is -0.634. The molecule has 0 heterocycles. The topological polar surface area (TPSA) is 75.7 Å². The number of hydrogen-bond donors (Lipinski definition) is 1. The molecule has 3 aromatic carbocycles. The molecule has 0 saturated heterocycles. The van der Waals surface area contributed by atoms with E-state index in [4.69, 9.17) is 16.3 Å². The van der Waals surface area contributed by atoms with Crippen molar-refractivity contribution in [3.8, 4) is 5.75 Å². The van der Waals surface area contributed by atoms with Gasteiger partial charge in [-0.25, -0.2) is 12.8 Å². The second-order valence-electron chi connectivity index (χ2n) is 7.21. The van der Waals surface area contributed by atoms with Gasteiger partial charge in [-0.05, 0) is 55.0 Å². The van der Waals surface area contributed by atoms with Gasteiger partial charge in [0.1, 0.15) is 11.6 Å². The zero-order valence-electron chi connectivity index (χ0n) is 17.5. The molecule has 32 heavy (non-hydrogen) atoms. The molecule has 0 fully saturated rings. The van der Waals surface area contributed by atoms with Crippen LogP contribution in [0.25, 0.3) is 0 Å². The molecule has 0 bridgehead atoms. The van der Waals surface area contributed by atoms with Crippen molar-refractivity contribution in [2.45, 2.75) is 13.5 Å². The molecule has 0 aromatic heterocycles. The first-order valence-electron chi connectivity index (χ1n) is 9.63. The fraction of sp³-hybridized carbons (Fsp3) is 0.174. The summed E-state index contributed by atoms with van der Waals surface area (Å²) in [5, 5.41) is 2.46. The Morgan fingerprint density at radius 1 is 1.06 bits per heavy atom. The standard InChI is InChI=1S/C23H22ClFN2O4S/c1-16-3-5-17(6-4-16)14-27(32(2,29)30)19-8-10-20(11-9-19)31-15-23(28)26-18-7-12-22(25)21(24)13-18/h3-13H,14-15H2,1-2H3,(H,26,28). The smallest absolute Gasteiger partial charge is 0.262 e. The minimum Gasteiger partial charge on any atom is -0.484 e. The molecule has 6 nitrogen and oxygen atoms in total. The number of nitrogens with zero attached hydrogens (tertiary/aromatic N) is 1. The largest absolute Gasteiger partial charge is 0.484 e. The molecule has 0 saturated carbocycles. The number of benzene rings is 3. The highest BCUT2D eigenvalue weighted by Crippen LogP contribution is 2.24. The van der Waals surface area contributed by atoms with Gasteiger partial charge < -0.3 is 10.1 Å². The number of rotatable bonds is 8. The second kappa shape index (κ2) is 10.0. The average Bonchev–Trinajstić information content (AvgIpc) is 2.74. The first-order chi connectivity index (χ1) is 15.1. The molecular weight excluding hydrogens is 455 g/mol. The van der Waals surface area contributed by atoms with E-state index < -0.39 is 21.7 Å². The molecule has 0 aliphatic carbocycles. The summed E-state index contributed by atoms with van der Waals surface area (Å²) in [7, 11) is -3.52. The number of halogens is 2. The maximum atomic E-state index is 13.2. The second-order valence-corrected chi connectivity index (χ2v) is 9.53. The Bertz CT molecular complexity index is 1200. The van der Waals surface area contributed by atoms with Gasteiger partial charge in [0, 0.05) is 5.69 Å². The number of aryl methyl sites for hydroxylation is 1. The minimum absolute atomic E-state index is 0.0969. The van der Waals surface area contributed by atoms with Crippen LogP contribution in [0, 0.1) is 12.7 Å². The predicted molar refractivity (Wildman–Crippen MR) is 124 cm³/mol. The van der Waals surface area contributed by atoms with E-state index in [0.29, 0.717) is 17.1 Å². The quantitative estimate of drug-likeness (QED) is 0.508. The molecule has 1 N–H and O–H groups in total. The first kappa shape index (κ1) is 23.6. The van der Waals surface area contributed by atoms with Gasteiger partial charge in [-0.1, -0.05) is 41.4 Å². The Morgan fingerprint density at radius 2 is 1.72 bits per heavy atom. The SMILES string of the molecule is Cc1ccc(CN(c2ccc(OCC(=O)Nc3ccc(F)c(Cl)c3)cc2)S(C)(=O)=O)cc1. The summed E-state index contributed by atoms with van der Waals surface area (Å²) in [5.41, 5.74) is 2.78. The molecule has 0 radical (unpaired) electrons. The number of carbonyl (C=O) groups excluding carboxylic acids is 1. The van der Waals surface area contributed by atoms with Crippen LogP contribution in [0.5, 0.6) is 5.75 Å². The lowest BCUT2D eigenvalue weighted by Gasteiger charge is -2.23. The van der Waals surface area contributed by atoms with Gasteiger partial charge >= 0.3 is 0 Å². The van der Waals surface area contributed by atoms with Crippen molar-refractivity contribution < 1.29 is 22.3 Å². The summed E-state index contributed by atoms with van der Waals surface area (Å²) in [6.07, 6.45) is 1.15. The molecule has 168 valence electrons. The van der Waals surface area contributed by atoms with Crippen molar-refractivity contribution in [3.63, 3.8) is 0 Å². The number of nitrogens with one attached hydrogen (secondary N) is 1. The number of hydrogen-bond acceptors (Lipinski definition) is 4. The molecule has 0 aliphatic rings. The highest BCUT2D eigenvalue weighted by molar-refractivity contribution is 7.92. The van der Waals surface area contributed by atoms with Gasteiger partial charge in [0.2, 0.25) is 10.0 Å². The van der Waals surface area contributed by atoms with Crippen LogP contribution in [0.15, 0.2) is 66.7 Å². The lowest BCUT2D eigenvalue weighted by Crippen LogP contribution is -2.29. The summed E-state index contributed by atoms with van der Waals surface area (Å²) >= 11 is 5.70. The Labute approximate surface area is 191 Å². The first-order valence-corrected chi connectivity index (χ1v) is 11.9. The third-order valence-corrected chi connectivity index (χ3v) is 5.98. The van der Waals surface area contributed by atoms with Crippen molar-refractivity contribution in [1.82, 2.24) is 0 Å². The van der Waals surface area contributed by atoms with Crippen molar-refractivity contribution in [2.75, 3.05) is 22.5 Å². The molecule has 0 aliphatic heterocycles. The molecule has 9 heteroatoms. The van der Waals surface area contributed by atoms with Crippen LogP contribution < -0.4 is 14.4 Å². The van der Waals surface area contributed by atoms with Crippen molar-refractivity contribution >= 4 is 38.9 Å². The molecule has 3 aromatic rings. The monoisotopic (exact) mass is 476 g/mol. The molecule has 0 atom stereocenters. The molecule has 3 rings (SSSR count). The maximum Gasteiger partial charge on any atom is 0.262 e. The fourth-order valence-electron chi connectivity index (χ4n) is 2.89. The van der Waals surface area contributed by atoms with Crippen molar-refractivity contribution in [1.29, 1.82) is 0 Å². The van der Waals surface area contributed by atoms with Gasteiger partial charge in [-0.15, -0.1) is 0 Å². The minimum atomic E-state index is -3.52. The Kier molecular flexibility index (Phi) is 7.37. The Morgan fingerprint density at radius 3 is 2.31 bits per heavy atom. The van der Waals surface area contributed by atoms with E-state index in [1.54, 1.807) is 24.3 Å². The average molecular weight is 477 g/mol. The number of ether oxygens (including phenoxy) is 1. The van der Waals surface area contributed by atoms with E-state index in [-0.39, 0.29) is 18.2 Å². The third kappa shape index (κ3) is 6.45. The van der Waals surface area contributed by atoms with E-state index in [1.807, 2.05) is 31.2 Å². The van der Waals surface area contributed by atoms with Crippen LogP contribution in [0.2, 0.25) is 5.02 Å². The van der Waals surface area contributed by atoms with Gasteiger partial charge in [0.05, 0.1) is 23.5 Å². The number of anilines is 2. The zero-order chi connectivity index (χ0) is 23.3. The zero-order valence-corrected chi connectivity index (χ0v) is 19.1. The van der Waals surface area contributed by atoms with Crippen LogP contribution in [-0.4, -0.2) is 27.2 Å². The summed E-state index contributed by atoms with van der Waals surface area (Å²) < 4.78 is 44.6. The van der Waals surface area contributed by atoms with Crippen LogP contribution in [0.1, 0.15) is 11.1 Å². The number of amides is 1. The van der Waals surface area contributed by atoms with Gasteiger partial charge in [0.25, 0.3) is 5.91 Å². The lowest BCUT2D eigenvalue weighted by molar-refractivity contribution is -0.118. The Hall–Kier alpha value is -3.10. The van der Waals surface area contributed by atoms with Crippen LogP contribution in [-0.2, 0) is 21.4 Å². The van der Waals surface area contributed by atoms with Gasteiger partial charge in [-0.3, -0.25) is 9.10 Å². The van der Waals surface area contributed by atoms with E-state index in [1.165, 1.54) is 16.4 Å². The predicted octanol–water partition coefficient (Wildman–Crippen LogP) is 4.77. The van der Waals surface area contributed by atoms with Crippen LogP contribution in [0.4, 0.5) is 15.8 Å². The van der Waals surface area contributed by atoms with E-state index >= 15 is 0 Å². The highest BCUT2D eigenvalue weighted by Gasteiger charge is 2.18.